The van der Waals surface area contributed by atoms with E-state index in [2.05, 4.69) is 19.2 Å². The van der Waals surface area contributed by atoms with Crippen LogP contribution in [0.4, 0.5) is 0 Å². The molecule has 0 aliphatic heterocycles. The highest BCUT2D eigenvalue weighted by Crippen LogP contribution is 2.36. The van der Waals surface area contributed by atoms with E-state index in [1.54, 1.807) is 7.05 Å². The molecule has 1 aliphatic carbocycles. The van der Waals surface area contributed by atoms with Crippen molar-refractivity contribution in [1.29, 1.82) is 0 Å². The zero-order valence-electron chi connectivity index (χ0n) is 7.55. The van der Waals surface area contributed by atoms with Crippen LogP contribution in [-0.4, -0.2) is 13.0 Å². The quantitative estimate of drug-likeness (QED) is 0.609. The molecule has 0 aromatic heterocycles. The molecule has 3 unspecified atom stereocenters. The van der Waals surface area contributed by atoms with Gasteiger partial charge in [0.25, 0.3) is 0 Å². The van der Waals surface area contributed by atoms with Crippen LogP contribution in [0.1, 0.15) is 26.7 Å². The highest BCUT2D eigenvalue weighted by molar-refractivity contribution is 5.78. The molecule has 2 heteroatoms. The lowest BCUT2D eigenvalue weighted by Crippen LogP contribution is -2.29. The van der Waals surface area contributed by atoms with Gasteiger partial charge in [0.1, 0.15) is 0 Å². The average Bonchev–Trinajstić information content (AvgIpc) is 2.32. The molecule has 1 rings (SSSR count). The molecule has 2 nitrogen and oxygen atoms in total. The normalized spacial score (nSPS) is 37.2. The Morgan fingerprint density at radius 1 is 1.36 bits per heavy atom. The molecule has 0 saturated heterocycles. The number of hydrogen-bond donors (Lipinski definition) is 1. The molecule has 11 heavy (non-hydrogen) atoms. The maximum atomic E-state index is 11.3. The lowest BCUT2D eigenvalue weighted by molar-refractivity contribution is -0.125. The minimum absolute atomic E-state index is 0.224. The Kier molecular flexibility index (Phi) is 2.53. The SMILES string of the molecule is CNC(=O)C1CCC(C)C1C. The van der Waals surface area contributed by atoms with E-state index in [0.29, 0.717) is 5.92 Å². The van der Waals surface area contributed by atoms with Crippen LogP contribution < -0.4 is 5.32 Å². The largest absolute Gasteiger partial charge is 0.359 e. The van der Waals surface area contributed by atoms with Crippen LogP contribution in [0.5, 0.6) is 0 Å². The van der Waals surface area contributed by atoms with Gasteiger partial charge in [-0.3, -0.25) is 4.79 Å². The summed E-state index contributed by atoms with van der Waals surface area (Å²) in [4.78, 5) is 11.3. The average molecular weight is 155 g/mol. The third-order valence-electron chi connectivity index (χ3n) is 3.05. The molecule has 0 spiro atoms. The molecule has 0 heterocycles. The summed E-state index contributed by atoms with van der Waals surface area (Å²) >= 11 is 0. The fourth-order valence-electron chi connectivity index (χ4n) is 1.92. The Labute approximate surface area is 68.4 Å². The van der Waals surface area contributed by atoms with Crippen molar-refractivity contribution < 1.29 is 4.79 Å². The van der Waals surface area contributed by atoms with Gasteiger partial charge in [-0.2, -0.15) is 0 Å². The van der Waals surface area contributed by atoms with Crippen LogP contribution in [-0.2, 0) is 4.79 Å². The summed E-state index contributed by atoms with van der Waals surface area (Å²) in [5, 5.41) is 2.72. The van der Waals surface area contributed by atoms with Crippen LogP contribution in [0.25, 0.3) is 0 Å². The van der Waals surface area contributed by atoms with Crippen LogP contribution in [0.2, 0.25) is 0 Å². The van der Waals surface area contributed by atoms with Gasteiger partial charge < -0.3 is 5.32 Å². The lowest BCUT2D eigenvalue weighted by atomic mass is 9.92. The fraction of sp³-hybridized carbons (Fsp3) is 0.889. The van der Waals surface area contributed by atoms with E-state index in [0.717, 1.165) is 12.3 Å². The smallest absolute Gasteiger partial charge is 0.223 e. The standard InChI is InChI=1S/C9H17NO/c1-6-4-5-8(7(6)2)9(11)10-3/h6-8H,4-5H2,1-3H3,(H,10,11). The van der Waals surface area contributed by atoms with Gasteiger partial charge in [-0.25, -0.2) is 0 Å². The summed E-state index contributed by atoms with van der Waals surface area (Å²) in [6, 6.07) is 0. The summed E-state index contributed by atoms with van der Waals surface area (Å²) in [6.45, 7) is 4.41. The predicted octanol–water partition coefficient (Wildman–Crippen LogP) is 1.41. The topological polar surface area (TPSA) is 29.1 Å². The lowest BCUT2D eigenvalue weighted by Gasteiger charge is -2.15. The second-order valence-electron chi connectivity index (χ2n) is 3.63. The van der Waals surface area contributed by atoms with Crippen LogP contribution in [0, 0.1) is 17.8 Å². The number of carbonyl (C=O) groups is 1. The molecule has 1 saturated carbocycles. The fourth-order valence-corrected chi connectivity index (χ4v) is 1.92. The number of carbonyl (C=O) groups excluding carboxylic acids is 1. The summed E-state index contributed by atoms with van der Waals surface area (Å²) in [5.74, 6) is 1.78. The van der Waals surface area contributed by atoms with Crippen molar-refractivity contribution >= 4 is 5.91 Å². The van der Waals surface area contributed by atoms with Crippen LogP contribution in [0.3, 0.4) is 0 Å². The van der Waals surface area contributed by atoms with Crippen molar-refractivity contribution in [2.45, 2.75) is 26.7 Å². The Morgan fingerprint density at radius 2 is 2.00 bits per heavy atom. The van der Waals surface area contributed by atoms with Crippen LogP contribution in [0.15, 0.2) is 0 Å². The zero-order valence-corrected chi connectivity index (χ0v) is 7.55. The van der Waals surface area contributed by atoms with Gasteiger partial charge in [0.15, 0.2) is 0 Å². The molecule has 0 aromatic rings. The first-order valence-electron chi connectivity index (χ1n) is 4.38. The van der Waals surface area contributed by atoms with Crippen molar-refractivity contribution in [2.75, 3.05) is 7.05 Å². The molecule has 1 aliphatic rings. The van der Waals surface area contributed by atoms with Gasteiger partial charge >= 0.3 is 0 Å². The van der Waals surface area contributed by atoms with Gasteiger partial charge in [0.05, 0.1) is 0 Å². The number of hydrogen-bond acceptors (Lipinski definition) is 1. The van der Waals surface area contributed by atoms with E-state index in [9.17, 15) is 4.79 Å². The summed E-state index contributed by atoms with van der Waals surface area (Å²) in [5.41, 5.74) is 0. The van der Waals surface area contributed by atoms with Gasteiger partial charge in [-0.15, -0.1) is 0 Å². The summed E-state index contributed by atoms with van der Waals surface area (Å²) < 4.78 is 0. The first-order valence-corrected chi connectivity index (χ1v) is 4.38. The molecule has 0 radical (unpaired) electrons. The Morgan fingerprint density at radius 3 is 2.36 bits per heavy atom. The van der Waals surface area contributed by atoms with Gasteiger partial charge in [0, 0.05) is 13.0 Å². The van der Waals surface area contributed by atoms with E-state index in [-0.39, 0.29) is 11.8 Å². The third-order valence-corrected chi connectivity index (χ3v) is 3.05. The van der Waals surface area contributed by atoms with E-state index < -0.39 is 0 Å². The monoisotopic (exact) mass is 155 g/mol. The van der Waals surface area contributed by atoms with E-state index >= 15 is 0 Å². The second-order valence-corrected chi connectivity index (χ2v) is 3.63. The molecular formula is C9H17NO. The minimum Gasteiger partial charge on any atom is -0.359 e. The van der Waals surface area contributed by atoms with Crippen molar-refractivity contribution in [2.24, 2.45) is 17.8 Å². The highest BCUT2D eigenvalue weighted by atomic mass is 16.1. The van der Waals surface area contributed by atoms with Crippen molar-refractivity contribution in [3.05, 3.63) is 0 Å². The predicted molar refractivity (Wildman–Crippen MR) is 45.1 cm³/mol. The zero-order chi connectivity index (χ0) is 8.43. The van der Waals surface area contributed by atoms with Gasteiger partial charge in [-0.1, -0.05) is 13.8 Å². The number of rotatable bonds is 1. The van der Waals surface area contributed by atoms with Crippen molar-refractivity contribution in [3.63, 3.8) is 0 Å². The van der Waals surface area contributed by atoms with E-state index in [1.165, 1.54) is 6.42 Å². The van der Waals surface area contributed by atoms with Crippen molar-refractivity contribution in [1.82, 2.24) is 5.32 Å². The Bertz CT molecular complexity index is 156. The second kappa shape index (κ2) is 3.24. The molecule has 3 atom stereocenters. The summed E-state index contributed by atoms with van der Waals surface area (Å²) in [6.07, 6.45) is 2.28. The van der Waals surface area contributed by atoms with E-state index in [4.69, 9.17) is 0 Å². The molecular weight excluding hydrogens is 138 g/mol. The molecule has 0 aromatic carbocycles. The molecule has 1 N–H and O–H groups in total. The molecule has 64 valence electrons. The maximum absolute atomic E-state index is 11.3. The molecule has 0 bridgehead atoms. The van der Waals surface area contributed by atoms with Gasteiger partial charge in [-0.05, 0) is 24.7 Å². The van der Waals surface area contributed by atoms with E-state index in [1.807, 2.05) is 0 Å². The van der Waals surface area contributed by atoms with Gasteiger partial charge in [0.2, 0.25) is 5.91 Å². The Balaban J connectivity index is 2.54. The Hall–Kier alpha value is -0.530. The first kappa shape index (κ1) is 8.57. The number of amides is 1. The van der Waals surface area contributed by atoms with Crippen LogP contribution >= 0.6 is 0 Å². The van der Waals surface area contributed by atoms with Crippen molar-refractivity contribution in [3.8, 4) is 0 Å². The molecule has 1 amide bonds. The number of nitrogens with one attached hydrogen (secondary N) is 1. The highest BCUT2D eigenvalue weighted by Gasteiger charge is 2.33. The first-order chi connectivity index (χ1) is 5.16. The maximum Gasteiger partial charge on any atom is 0.223 e. The molecule has 1 fully saturated rings. The minimum atomic E-state index is 0.224. The summed E-state index contributed by atoms with van der Waals surface area (Å²) in [7, 11) is 1.72. The third kappa shape index (κ3) is 1.55.